The van der Waals surface area contributed by atoms with Crippen molar-refractivity contribution in [3.63, 3.8) is 0 Å². The maximum atomic E-state index is 12.8. The van der Waals surface area contributed by atoms with E-state index in [0.29, 0.717) is 0 Å². The van der Waals surface area contributed by atoms with Gasteiger partial charge in [0, 0.05) is 0 Å². The van der Waals surface area contributed by atoms with Gasteiger partial charge in [0.05, 0.1) is 0 Å². The van der Waals surface area contributed by atoms with E-state index in [0.717, 1.165) is 6.07 Å². The molecule has 1 aromatic heterocycles. The van der Waals surface area contributed by atoms with Gasteiger partial charge in [-0.1, -0.05) is 10.5 Å². The highest BCUT2D eigenvalue weighted by atomic mass is 19.2. The molecular weight excluding hydrogens is 169 g/mol. The Hall–Kier alpha value is -1.52. The summed E-state index contributed by atoms with van der Waals surface area (Å²) in [6, 6.07) is 3.62. The first-order valence-electron chi connectivity index (χ1n) is 3.19. The fourth-order valence-corrected chi connectivity index (χ4v) is 1.01. The highest BCUT2D eigenvalue weighted by molar-refractivity contribution is 5.75. The van der Waals surface area contributed by atoms with Gasteiger partial charge in [0.15, 0.2) is 5.82 Å². The zero-order valence-electron chi connectivity index (χ0n) is 5.76. The van der Waals surface area contributed by atoms with E-state index in [9.17, 15) is 13.3 Å². The minimum absolute atomic E-state index is 0.201. The van der Waals surface area contributed by atoms with Gasteiger partial charge in [-0.25, -0.2) is 4.39 Å². The first kappa shape index (κ1) is 7.15. The molecule has 0 saturated carbocycles. The minimum atomic E-state index is -1.34. The van der Waals surface area contributed by atoms with Crippen LogP contribution in [-0.4, -0.2) is 9.77 Å². The minimum Gasteiger partial charge on any atom is -0.205 e. The zero-order chi connectivity index (χ0) is 8.72. The second kappa shape index (κ2) is 2.23. The van der Waals surface area contributed by atoms with Crippen molar-refractivity contribution in [1.29, 1.82) is 0 Å². The summed E-state index contributed by atoms with van der Waals surface area (Å²) in [5, 5.41) is 0. The molecule has 1 heterocycles. The van der Waals surface area contributed by atoms with Crippen LogP contribution in [0.25, 0.3) is 11.0 Å². The second-order valence-corrected chi connectivity index (χ2v) is 2.27. The normalized spacial score (nSPS) is 10.9. The summed E-state index contributed by atoms with van der Waals surface area (Å²) in [6.07, 6.45) is -1.34. The SMILES string of the molecule is Fc1cccc2c1nc(F)n2F. The van der Waals surface area contributed by atoms with E-state index in [4.69, 9.17) is 0 Å². The van der Waals surface area contributed by atoms with E-state index >= 15 is 0 Å². The van der Waals surface area contributed by atoms with Gasteiger partial charge in [-0.3, -0.25) is 0 Å². The number of halogens is 3. The molecule has 0 aliphatic heterocycles. The van der Waals surface area contributed by atoms with Gasteiger partial charge in [0.1, 0.15) is 11.0 Å². The summed E-state index contributed by atoms with van der Waals surface area (Å²) >= 11 is 0. The molecule has 0 saturated heterocycles. The number of benzene rings is 1. The lowest BCUT2D eigenvalue weighted by atomic mass is 10.3. The Balaban J connectivity index is 2.95. The molecule has 0 radical (unpaired) electrons. The summed E-state index contributed by atoms with van der Waals surface area (Å²) in [7, 11) is 0. The third kappa shape index (κ3) is 0.792. The molecule has 62 valence electrons. The van der Waals surface area contributed by atoms with Gasteiger partial charge < -0.3 is 0 Å². The Labute approximate surface area is 65.2 Å². The molecule has 0 amide bonds. The van der Waals surface area contributed by atoms with Crippen LogP contribution in [0.3, 0.4) is 0 Å². The first-order chi connectivity index (χ1) is 5.70. The number of rotatable bonds is 0. The van der Waals surface area contributed by atoms with Gasteiger partial charge in [-0.2, -0.15) is 9.37 Å². The summed E-state index contributed by atoms with van der Waals surface area (Å²) in [5.74, 6) is -0.734. The van der Waals surface area contributed by atoms with E-state index in [2.05, 4.69) is 4.98 Å². The quantitative estimate of drug-likeness (QED) is 0.594. The van der Waals surface area contributed by atoms with Crippen molar-refractivity contribution in [2.75, 3.05) is 0 Å². The lowest BCUT2D eigenvalue weighted by molar-refractivity contribution is 0.301. The number of aromatic nitrogens is 2. The standard InChI is InChI=1S/C7H3F3N2/c8-4-2-1-3-5-6(4)11-7(9)12(5)10/h1-3H. The van der Waals surface area contributed by atoms with Crippen LogP contribution < -0.4 is 0 Å². The lowest BCUT2D eigenvalue weighted by Crippen LogP contribution is -1.85. The fraction of sp³-hybridized carbons (Fsp3) is 0. The van der Waals surface area contributed by atoms with E-state index in [1.165, 1.54) is 12.1 Å². The number of hydrogen-bond acceptors (Lipinski definition) is 1. The number of hydrogen-bond donors (Lipinski definition) is 0. The molecule has 0 aliphatic carbocycles. The largest absolute Gasteiger partial charge is 0.318 e. The van der Waals surface area contributed by atoms with Crippen LogP contribution in [0.1, 0.15) is 0 Å². The first-order valence-corrected chi connectivity index (χ1v) is 3.19. The number of imidazole rings is 1. The van der Waals surface area contributed by atoms with Crippen molar-refractivity contribution in [3.05, 3.63) is 30.1 Å². The van der Waals surface area contributed by atoms with Crippen molar-refractivity contribution in [2.45, 2.75) is 0 Å². The Morgan fingerprint density at radius 1 is 1.25 bits per heavy atom. The maximum absolute atomic E-state index is 12.8. The van der Waals surface area contributed by atoms with Crippen LogP contribution in [0.15, 0.2) is 18.2 Å². The molecule has 2 nitrogen and oxygen atoms in total. The molecule has 1 aromatic carbocycles. The van der Waals surface area contributed by atoms with Crippen LogP contribution in [0, 0.1) is 11.9 Å². The van der Waals surface area contributed by atoms with Crippen molar-refractivity contribution >= 4 is 11.0 Å². The average Bonchev–Trinajstić information content (AvgIpc) is 2.32. The average molecular weight is 172 g/mol. The summed E-state index contributed by atoms with van der Waals surface area (Å²) in [5.41, 5.74) is -0.495. The Morgan fingerprint density at radius 2 is 2.00 bits per heavy atom. The van der Waals surface area contributed by atoms with Gasteiger partial charge >= 0.3 is 6.08 Å². The molecule has 2 rings (SSSR count). The Kier molecular flexibility index (Phi) is 1.33. The molecule has 12 heavy (non-hydrogen) atoms. The smallest absolute Gasteiger partial charge is 0.205 e. The molecule has 0 fully saturated rings. The van der Waals surface area contributed by atoms with Crippen LogP contribution in [0.2, 0.25) is 0 Å². The topological polar surface area (TPSA) is 17.8 Å². The van der Waals surface area contributed by atoms with Crippen LogP contribution in [0.4, 0.5) is 13.3 Å². The molecular formula is C7H3F3N2. The van der Waals surface area contributed by atoms with E-state index in [1.807, 2.05) is 0 Å². The van der Waals surface area contributed by atoms with Crippen molar-refractivity contribution in [1.82, 2.24) is 9.77 Å². The van der Waals surface area contributed by atoms with Crippen molar-refractivity contribution < 1.29 is 13.3 Å². The van der Waals surface area contributed by atoms with Crippen molar-refractivity contribution in [2.24, 2.45) is 0 Å². The predicted octanol–water partition coefficient (Wildman–Crippen LogP) is 2.05. The Bertz CT molecular complexity index is 435. The number of nitrogens with zero attached hydrogens (tertiary/aromatic N) is 2. The molecule has 0 atom stereocenters. The van der Waals surface area contributed by atoms with Gasteiger partial charge in [-0.05, 0) is 12.1 Å². The second-order valence-electron chi connectivity index (χ2n) is 2.27. The van der Waals surface area contributed by atoms with Crippen LogP contribution in [0.5, 0.6) is 0 Å². The zero-order valence-corrected chi connectivity index (χ0v) is 5.76. The molecule has 0 aliphatic rings. The van der Waals surface area contributed by atoms with Crippen molar-refractivity contribution in [3.8, 4) is 0 Å². The fourth-order valence-electron chi connectivity index (χ4n) is 1.01. The summed E-state index contributed by atoms with van der Waals surface area (Å²) in [6.45, 7) is 0. The molecule has 0 bridgehead atoms. The van der Waals surface area contributed by atoms with Crippen LogP contribution in [-0.2, 0) is 0 Å². The third-order valence-electron chi connectivity index (χ3n) is 1.54. The van der Waals surface area contributed by atoms with Gasteiger partial charge in [0.25, 0.3) is 0 Å². The summed E-state index contributed by atoms with van der Waals surface area (Å²) in [4.78, 5) is 2.77. The molecule has 2 aromatic rings. The van der Waals surface area contributed by atoms with E-state index in [1.54, 1.807) is 0 Å². The number of fused-ring (bicyclic) bond motifs is 1. The van der Waals surface area contributed by atoms with Crippen LogP contribution >= 0.6 is 0 Å². The third-order valence-corrected chi connectivity index (χ3v) is 1.54. The number of para-hydroxylation sites is 1. The van der Waals surface area contributed by atoms with Gasteiger partial charge in [0.2, 0.25) is 0 Å². The highest BCUT2D eigenvalue weighted by Crippen LogP contribution is 2.17. The highest BCUT2D eigenvalue weighted by Gasteiger charge is 2.12. The van der Waals surface area contributed by atoms with Gasteiger partial charge in [-0.15, -0.1) is 4.79 Å². The monoisotopic (exact) mass is 172 g/mol. The maximum Gasteiger partial charge on any atom is 0.318 e. The lowest BCUT2D eigenvalue weighted by Gasteiger charge is -1.89. The van der Waals surface area contributed by atoms with E-state index in [-0.39, 0.29) is 15.8 Å². The molecule has 0 spiro atoms. The summed E-state index contributed by atoms with van der Waals surface area (Å²) < 4.78 is 37.8. The molecule has 5 heteroatoms. The molecule has 0 N–H and O–H groups in total. The molecule has 0 unspecified atom stereocenters. The predicted molar refractivity (Wildman–Crippen MR) is 36.2 cm³/mol. The van der Waals surface area contributed by atoms with E-state index < -0.39 is 11.9 Å². The Morgan fingerprint density at radius 3 is 2.67 bits per heavy atom.